The van der Waals surface area contributed by atoms with Crippen LogP contribution in [0.4, 0.5) is 4.39 Å². The minimum absolute atomic E-state index is 0. The van der Waals surface area contributed by atoms with Gasteiger partial charge in [-0.05, 0) is 126 Å². The fraction of sp³-hybridized carbons (Fsp3) is 0.250. The second-order valence-electron chi connectivity index (χ2n) is 21.4. The smallest absolute Gasteiger partial charge is 0.121 e. The van der Waals surface area contributed by atoms with Crippen LogP contribution in [0, 0.1) is 17.9 Å². The average molecular weight is 1100 g/mol. The number of imidazole rings is 1. The molecule has 0 bridgehead atoms. The van der Waals surface area contributed by atoms with Gasteiger partial charge < -0.3 is 14.0 Å². The predicted molar refractivity (Wildman–Crippen MR) is 285 cm³/mol. The van der Waals surface area contributed by atoms with Crippen LogP contribution in [0.1, 0.15) is 116 Å². The number of para-hydroxylation sites is 2. The topological polar surface area (TPSA) is 43.9 Å². The Morgan fingerprint density at radius 3 is 2.01 bits per heavy atom. The third-order valence-electron chi connectivity index (χ3n) is 14.9. The summed E-state index contributed by atoms with van der Waals surface area (Å²) in [6.07, 6.45) is 1.78. The van der Waals surface area contributed by atoms with Gasteiger partial charge in [-0.2, -0.15) is 0 Å². The van der Waals surface area contributed by atoms with Crippen molar-refractivity contribution >= 4 is 33.0 Å². The molecular weight excluding hydrogens is 1040 g/mol. The van der Waals surface area contributed by atoms with Crippen molar-refractivity contribution in [3.8, 4) is 50.6 Å². The second-order valence-corrected chi connectivity index (χ2v) is 21.4. The standard InChI is InChI=1S/C49H45N2O.C15H15FN.Ir/c1-29(2)36-25-32(31-17-10-9-11-18-31)26-37(30(3)4)45(36)51-43-24-15-14-23-42(43)50-47(51)35-21-16-20-34-39-27-41-38(28-44(39)52-46(34)35)33-19-12-13-22-40(33)48(5,6)49(41,7)8;1-15(2,3)12-8-9-17-14(10-12)11-4-6-13(16)7-5-11;/h9-20,22-30H,1-8H3;4,6-10H,1-3H3;/q2*-1;. The van der Waals surface area contributed by atoms with Crippen molar-refractivity contribution in [3.63, 3.8) is 0 Å². The van der Waals surface area contributed by atoms with Crippen molar-refractivity contribution < 1.29 is 28.9 Å². The SMILES string of the molecule is CC(C)(C)c1ccnc(-c2[c-]cc(F)cc2)c1.CC(C)c1cc(-c2ccccc2)cc(C(C)C)c1-n1c(-c2[c-]ccc3c2oc2cc4c(cc23)C(C)(C)C(C)(C)c2ccccc2-4)nc2ccccc21.[Ir]. The van der Waals surface area contributed by atoms with Gasteiger partial charge in [-0.15, -0.1) is 48.0 Å². The number of nitrogens with zero attached hydrogens (tertiary/aromatic N) is 3. The van der Waals surface area contributed by atoms with Crippen molar-refractivity contribution in [1.82, 2.24) is 14.5 Å². The summed E-state index contributed by atoms with van der Waals surface area (Å²) in [5.41, 5.74) is 18.9. The number of benzene rings is 7. The van der Waals surface area contributed by atoms with Gasteiger partial charge in [0, 0.05) is 43.2 Å². The molecule has 10 aromatic rings. The number of furan rings is 1. The van der Waals surface area contributed by atoms with Crippen LogP contribution in [0.25, 0.3) is 83.6 Å². The van der Waals surface area contributed by atoms with Crippen molar-refractivity contribution in [1.29, 1.82) is 0 Å². The van der Waals surface area contributed by atoms with Gasteiger partial charge in [0.1, 0.15) is 5.58 Å². The van der Waals surface area contributed by atoms with E-state index in [0.717, 1.165) is 55.6 Å². The van der Waals surface area contributed by atoms with Crippen molar-refractivity contribution in [2.45, 2.75) is 104 Å². The molecule has 0 N–H and O–H groups in total. The normalized spacial score (nSPS) is 13.8. The van der Waals surface area contributed by atoms with E-state index in [1.165, 1.54) is 67.9 Å². The Hall–Kier alpha value is -6.46. The molecular formula is C64H60FIrN3O-2. The molecule has 11 rings (SSSR count). The Morgan fingerprint density at radius 2 is 1.33 bits per heavy atom. The summed E-state index contributed by atoms with van der Waals surface area (Å²) in [5.74, 6) is 1.12. The van der Waals surface area contributed by atoms with E-state index in [4.69, 9.17) is 9.40 Å². The third kappa shape index (κ3) is 8.33. The van der Waals surface area contributed by atoms with Gasteiger partial charge in [0.2, 0.25) is 0 Å². The zero-order valence-corrected chi connectivity index (χ0v) is 44.4. The van der Waals surface area contributed by atoms with E-state index < -0.39 is 0 Å². The van der Waals surface area contributed by atoms with Gasteiger partial charge >= 0.3 is 0 Å². The molecule has 70 heavy (non-hydrogen) atoms. The molecule has 6 heteroatoms. The van der Waals surface area contributed by atoms with E-state index in [1.807, 2.05) is 18.2 Å². The molecule has 0 amide bonds. The maximum absolute atomic E-state index is 12.8. The summed E-state index contributed by atoms with van der Waals surface area (Å²) >= 11 is 0. The Kier molecular flexibility index (Phi) is 12.7. The molecule has 0 fully saturated rings. The zero-order chi connectivity index (χ0) is 48.6. The number of pyridine rings is 1. The Labute approximate surface area is 426 Å². The summed E-state index contributed by atoms with van der Waals surface area (Å²) in [5, 5.41) is 2.22. The molecule has 355 valence electrons. The van der Waals surface area contributed by atoms with E-state index in [-0.39, 0.29) is 54.0 Å². The van der Waals surface area contributed by atoms with E-state index in [0.29, 0.717) is 0 Å². The quantitative estimate of drug-likeness (QED) is 0.156. The van der Waals surface area contributed by atoms with E-state index in [1.54, 1.807) is 12.3 Å². The first kappa shape index (κ1) is 48.6. The average Bonchev–Trinajstić information content (AvgIpc) is 3.91. The molecule has 0 unspecified atom stereocenters. The molecule has 7 aromatic carbocycles. The van der Waals surface area contributed by atoms with Gasteiger partial charge in [0.15, 0.2) is 0 Å². The number of hydrogen-bond acceptors (Lipinski definition) is 3. The molecule has 4 nitrogen and oxygen atoms in total. The van der Waals surface area contributed by atoms with Crippen LogP contribution in [-0.4, -0.2) is 14.5 Å². The van der Waals surface area contributed by atoms with Crippen LogP contribution < -0.4 is 0 Å². The number of hydrogen-bond donors (Lipinski definition) is 0. The van der Waals surface area contributed by atoms with Crippen LogP contribution in [0.2, 0.25) is 0 Å². The van der Waals surface area contributed by atoms with Crippen molar-refractivity contribution in [3.05, 3.63) is 198 Å². The van der Waals surface area contributed by atoms with Crippen LogP contribution >= 0.6 is 0 Å². The molecule has 0 aliphatic heterocycles. The van der Waals surface area contributed by atoms with Crippen molar-refractivity contribution in [2.75, 3.05) is 0 Å². The molecule has 0 saturated heterocycles. The first-order chi connectivity index (χ1) is 32.9. The fourth-order valence-electron chi connectivity index (χ4n) is 10.3. The molecule has 0 atom stereocenters. The molecule has 1 radical (unpaired) electrons. The molecule has 1 aliphatic carbocycles. The Bertz CT molecular complexity index is 3520. The van der Waals surface area contributed by atoms with Gasteiger partial charge in [-0.25, -0.2) is 0 Å². The van der Waals surface area contributed by atoms with E-state index in [2.05, 4.69) is 207 Å². The van der Waals surface area contributed by atoms with E-state index >= 15 is 0 Å². The number of fused-ring (bicyclic) bond motifs is 7. The van der Waals surface area contributed by atoms with Crippen LogP contribution in [0.5, 0.6) is 0 Å². The summed E-state index contributed by atoms with van der Waals surface area (Å²) in [4.78, 5) is 9.68. The summed E-state index contributed by atoms with van der Waals surface area (Å²) in [6.45, 7) is 25.2. The molecule has 0 spiro atoms. The number of rotatable bonds is 6. The first-order valence-electron chi connectivity index (χ1n) is 24.3. The van der Waals surface area contributed by atoms with Gasteiger partial charge in [-0.3, -0.25) is 9.37 Å². The fourth-order valence-corrected chi connectivity index (χ4v) is 10.3. The molecule has 0 saturated carbocycles. The largest absolute Gasteiger partial charge is 0.501 e. The maximum atomic E-state index is 12.8. The van der Waals surface area contributed by atoms with E-state index in [9.17, 15) is 4.39 Å². The van der Waals surface area contributed by atoms with Crippen LogP contribution in [0.3, 0.4) is 0 Å². The molecule has 1 aliphatic rings. The summed E-state index contributed by atoms with van der Waals surface area (Å²) in [7, 11) is 0. The Morgan fingerprint density at radius 1 is 0.657 bits per heavy atom. The minimum atomic E-state index is -0.277. The molecule has 3 heterocycles. The van der Waals surface area contributed by atoms with Gasteiger partial charge in [0.05, 0.1) is 22.4 Å². The first-order valence-corrected chi connectivity index (χ1v) is 24.3. The Balaban J connectivity index is 0.000000286. The van der Waals surface area contributed by atoms with Crippen LogP contribution in [0.15, 0.2) is 156 Å². The predicted octanol–water partition coefficient (Wildman–Crippen LogP) is 17.5. The summed E-state index contributed by atoms with van der Waals surface area (Å²) < 4.78 is 22.2. The third-order valence-corrected chi connectivity index (χ3v) is 14.9. The van der Waals surface area contributed by atoms with Crippen molar-refractivity contribution in [2.24, 2.45) is 0 Å². The zero-order valence-electron chi connectivity index (χ0n) is 42.0. The molecule has 3 aromatic heterocycles. The monoisotopic (exact) mass is 1100 g/mol. The number of halogens is 1. The minimum Gasteiger partial charge on any atom is -0.501 e. The maximum Gasteiger partial charge on any atom is 0.121 e. The van der Waals surface area contributed by atoms with Gasteiger partial charge in [0.25, 0.3) is 0 Å². The number of aromatic nitrogens is 3. The second kappa shape index (κ2) is 18.4. The van der Waals surface area contributed by atoms with Gasteiger partial charge in [-0.1, -0.05) is 160 Å². The van der Waals surface area contributed by atoms with Crippen LogP contribution in [-0.2, 0) is 36.4 Å². The summed E-state index contributed by atoms with van der Waals surface area (Å²) in [6, 6.07) is 56.8.